The van der Waals surface area contributed by atoms with Gasteiger partial charge in [0.25, 0.3) is 5.91 Å². The quantitative estimate of drug-likeness (QED) is 0.385. The van der Waals surface area contributed by atoms with E-state index in [0.717, 1.165) is 12.8 Å². The first kappa shape index (κ1) is 27.7. The number of piperidine rings is 1. The number of likely N-dealkylation sites (tertiary alicyclic amines) is 1. The lowest BCUT2D eigenvalue weighted by Crippen LogP contribution is -2.50. The summed E-state index contributed by atoms with van der Waals surface area (Å²) in [7, 11) is 0. The first-order chi connectivity index (χ1) is 18.8. The Morgan fingerprint density at radius 3 is 2.48 bits per heavy atom. The Labute approximate surface area is 237 Å². The van der Waals surface area contributed by atoms with E-state index in [-0.39, 0.29) is 29.7 Å². The van der Waals surface area contributed by atoms with E-state index in [2.05, 4.69) is 15.6 Å². The Morgan fingerprint density at radius 2 is 1.80 bits per heavy atom. The first-order valence-electron chi connectivity index (χ1n) is 13.4. The summed E-state index contributed by atoms with van der Waals surface area (Å²) in [6.45, 7) is 12.4. The van der Waals surface area contributed by atoms with Crippen LogP contribution in [0.15, 0.2) is 36.5 Å². The molecule has 1 saturated heterocycles. The third-order valence-electron chi connectivity index (χ3n) is 6.38. The topological polar surface area (TPSA) is 113 Å². The second-order valence-corrected chi connectivity index (χ2v) is 13.0. The van der Waals surface area contributed by atoms with Gasteiger partial charge in [-0.3, -0.25) is 9.69 Å². The average Bonchev–Trinajstić information content (AvgIpc) is 3.23. The van der Waals surface area contributed by atoms with Crippen molar-refractivity contribution in [1.29, 1.82) is 0 Å². The summed E-state index contributed by atoms with van der Waals surface area (Å²) in [4.78, 5) is 48.1. The summed E-state index contributed by atoms with van der Waals surface area (Å²) >= 11 is 1.23. The summed E-state index contributed by atoms with van der Waals surface area (Å²) in [6.07, 6.45) is 2.74. The fraction of sp³-hybridized carbons (Fsp3) is 0.448. The largest absolute Gasteiger partial charge is 0.488 e. The standard InChI is InChI=1S/C29H35N5O5S/c1-28(2,3)38-19-11-9-18(10-12-19)34-20-13-14-30-25-21(20)22(32-26(34)36)23(40-25)24(35)31-17-8-7-15-33(16-17)27(37)39-29(4,5)6/h9-14,17H,7-8,15-16H2,1-6H3,(H,31,35)(H,32,36)/t17-/m1/s1. The number of benzene rings is 1. The van der Waals surface area contributed by atoms with Crippen molar-refractivity contribution in [3.8, 4) is 5.75 Å². The number of rotatable bonds is 4. The van der Waals surface area contributed by atoms with Gasteiger partial charge in [0.15, 0.2) is 0 Å². The van der Waals surface area contributed by atoms with Crippen molar-refractivity contribution in [2.45, 2.75) is 71.6 Å². The van der Waals surface area contributed by atoms with Crippen molar-refractivity contribution in [2.24, 2.45) is 0 Å². The number of hydrogen-bond donors (Lipinski definition) is 2. The highest BCUT2D eigenvalue weighted by molar-refractivity contribution is 7.21. The molecule has 212 valence electrons. The molecular weight excluding hydrogens is 530 g/mol. The number of urea groups is 1. The molecule has 3 aromatic rings. The smallest absolute Gasteiger partial charge is 0.410 e. The predicted molar refractivity (Wildman–Crippen MR) is 156 cm³/mol. The number of anilines is 3. The zero-order chi connectivity index (χ0) is 28.8. The van der Waals surface area contributed by atoms with E-state index in [1.165, 1.54) is 11.3 Å². The lowest BCUT2D eigenvalue weighted by molar-refractivity contribution is 0.0185. The summed E-state index contributed by atoms with van der Waals surface area (Å²) in [5, 5.41) is 6.70. The molecule has 0 unspecified atom stereocenters. The van der Waals surface area contributed by atoms with Gasteiger partial charge < -0.3 is 25.0 Å². The maximum absolute atomic E-state index is 13.5. The van der Waals surface area contributed by atoms with Crippen LogP contribution >= 0.6 is 11.3 Å². The van der Waals surface area contributed by atoms with Gasteiger partial charge in [-0.15, -0.1) is 11.3 Å². The van der Waals surface area contributed by atoms with Gasteiger partial charge in [0.2, 0.25) is 0 Å². The Bertz CT molecular complexity index is 1450. The van der Waals surface area contributed by atoms with Gasteiger partial charge in [-0.25, -0.2) is 14.6 Å². The molecular formula is C29H35N5O5S. The minimum atomic E-state index is -0.591. The molecule has 1 aromatic carbocycles. The molecule has 5 rings (SSSR count). The van der Waals surface area contributed by atoms with Gasteiger partial charge in [0.05, 0.1) is 22.4 Å². The van der Waals surface area contributed by atoms with Gasteiger partial charge in [0, 0.05) is 25.3 Å². The van der Waals surface area contributed by atoms with E-state index in [1.807, 2.05) is 65.8 Å². The molecule has 0 spiro atoms. The zero-order valence-corrected chi connectivity index (χ0v) is 24.5. The molecule has 40 heavy (non-hydrogen) atoms. The van der Waals surface area contributed by atoms with Crippen LogP contribution in [0.2, 0.25) is 0 Å². The lowest BCUT2D eigenvalue weighted by Gasteiger charge is -2.34. The third kappa shape index (κ3) is 5.84. The molecule has 1 fully saturated rings. The number of ether oxygens (including phenoxy) is 2. The van der Waals surface area contributed by atoms with Crippen LogP contribution in [0.4, 0.5) is 26.7 Å². The molecule has 2 aromatic heterocycles. The van der Waals surface area contributed by atoms with Crippen molar-refractivity contribution in [1.82, 2.24) is 15.2 Å². The number of pyridine rings is 1. The fourth-order valence-corrected chi connectivity index (χ4v) is 5.88. The van der Waals surface area contributed by atoms with Crippen molar-refractivity contribution >= 4 is 56.6 Å². The molecule has 0 aliphatic carbocycles. The lowest BCUT2D eigenvalue weighted by atomic mass is 10.1. The molecule has 2 aliphatic rings. The second-order valence-electron chi connectivity index (χ2n) is 12.0. The second kappa shape index (κ2) is 10.3. The maximum atomic E-state index is 13.5. The molecule has 0 saturated carbocycles. The molecule has 0 radical (unpaired) electrons. The molecule has 4 amide bonds. The summed E-state index contributed by atoms with van der Waals surface area (Å²) in [5.74, 6) is 0.397. The van der Waals surface area contributed by atoms with E-state index in [0.29, 0.717) is 51.0 Å². The van der Waals surface area contributed by atoms with Crippen LogP contribution in [0.1, 0.15) is 64.1 Å². The summed E-state index contributed by atoms with van der Waals surface area (Å²) < 4.78 is 11.4. The Kier molecular flexibility index (Phi) is 7.11. The van der Waals surface area contributed by atoms with Gasteiger partial charge in [-0.1, -0.05) is 0 Å². The van der Waals surface area contributed by atoms with Crippen LogP contribution < -0.4 is 20.3 Å². The van der Waals surface area contributed by atoms with Gasteiger partial charge in [0.1, 0.15) is 26.7 Å². The number of nitrogens with one attached hydrogen (secondary N) is 2. The number of aromatic nitrogens is 1. The maximum Gasteiger partial charge on any atom is 0.410 e. The highest BCUT2D eigenvalue weighted by Gasteiger charge is 2.34. The van der Waals surface area contributed by atoms with E-state index in [4.69, 9.17) is 9.47 Å². The van der Waals surface area contributed by atoms with Crippen molar-refractivity contribution in [2.75, 3.05) is 23.3 Å². The average molecular weight is 566 g/mol. The summed E-state index contributed by atoms with van der Waals surface area (Å²) in [6, 6.07) is 8.50. The van der Waals surface area contributed by atoms with Gasteiger partial charge in [-0.05, 0) is 84.7 Å². The normalized spacial score (nSPS) is 17.4. The van der Waals surface area contributed by atoms with Crippen LogP contribution in [0.25, 0.3) is 10.2 Å². The van der Waals surface area contributed by atoms with Crippen molar-refractivity contribution < 1.29 is 23.9 Å². The Balaban J connectivity index is 1.38. The minimum Gasteiger partial charge on any atom is -0.488 e. The molecule has 2 N–H and O–H groups in total. The van der Waals surface area contributed by atoms with E-state index in [1.54, 1.807) is 22.1 Å². The van der Waals surface area contributed by atoms with Gasteiger partial charge >= 0.3 is 12.1 Å². The number of carbonyl (C=O) groups excluding carboxylic acids is 3. The number of carbonyl (C=O) groups is 3. The highest BCUT2D eigenvalue weighted by Crippen LogP contribution is 2.45. The predicted octanol–water partition coefficient (Wildman–Crippen LogP) is 6.29. The SMILES string of the molecule is CC(C)(C)OC(=O)N1CCC[C@@H](NC(=O)c2sc3nccc4c3c2NC(=O)N4c2ccc(OC(C)(C)C)cc2)C1. The van der Waals surface area contributed by atoms with Crippen molar-refractivity contribution in [3.05, 3.63) is 41.4 Å². The summed E-state index contributed by atoms with van der Waals surface area (Å²) in [5.41, 5.74) is 0.840. The Morgan fingerprint density at radius 1 is 1.07 bits per heavy atom. The van der Waals surface area contributed by atoms with E-state index < -0.39 is 5.60 Å². The number of amides is 4. The minimum absolute atomic E-state index is 0.233. The first-order valence-corrected chi connectivity index (χ1v) is 14.2. The van der Waals surface area contributed by atoms with Crippen LogP contribution in [-0.4, -0.2) is 58.2 Å². The van der Waals surface area contributed by atoms with Crippen LogP contribution in [0.5, 0.6) is 5.75 Å². The number of thiophene rings is 1. The zero-order valence-electron chi connectivity index (χ0n) is 23.7. The van der Waals surface area contributed by atoms with Crippen molar-refractivity contribution in [3.63, 3.8) is 0 Å². The van der Waals surface area contributed by atoms with Gasteiger partial charge in [-0.2, -0.15) is 0 Å². The number of hydrogen-bond acceptors (Lipinski definition) is 7. The molecule has 10 nitrogen and oxygen atoms in total. The number of nitrogens with zero attached hydrogens (tertiary/aromatic N) is 3. The monoisotopic (exact) mass is 565 g/mol. The van der Waals surface area contributed by atoms with E-state index >= 15 is 0 Å². The van der Waals surface area contributed by atoms with E-state index in [9.17, 15) is 14.4 Å². The molecule has 0 bridgehead atoms. The Hall–Kier alpha value is -3.86. The molecule has 1 atom stereocenters. The molecule has 2 aliphatic heterocycles. The fourth-order valence-electron chi connectivity index (χ4n) is 4.86. The molecule has 4 heterocycles. The van der Waals surface area contributed by atoms with Crippen LogP contribution in [-0.2, 0) is 4.74 Å². The van der Waals surface area contributed by atoms with Crippen LogP contribution in [0, 0.1) is 0 Å². The highest BCUT2D eigenvalue weighted by atomic mass is 32.1. The molecule has 11 heteroatoms. The third-order valence-corrected chi connectivity index (χ3v) is 7.48. The van der Waals surface area contributed by atoms with Crippen LogP contribution in [0.3, 0.4) is 0 Å².